The fourth-order valence-electron chi connectivity index (χ4n) is 2.80. The van der Waals surface area contributed by atoms with E-state index in [4.69, 9.17) is 4.42 Å². The molecule has 1 aromatic heterocycles. The summed E-state index contributed by atoms with van der Waals surface area (Å²) >= 11 is 0. The Hall–Kier alpha value is -0.760. The Morgan fingerprint density at radius 3 is 2.44 bits per heavy atom. The van der Waals surface area contributed by atoms with Gasteiger partial charge in [-0.15, -0.1) is 0 Å². The molecule has 1 aromatic rings. The standard InChI is InChI=1S/C16H27NO/c1-5-10-17-15(9-8-14-6-7-14)16-11(2)12(3)18-13(16)4/h14-15,17H,5-10H2,1-4H3. The van der Waals surface area contributed by atoms with Gasteiger partial charge in [0.2, 0.25) is 0 Å². The van der Waals surface area contributed by atoms with Gasteiger partial charge in [-0.2, -0.15) is 0 Å². The topological polar surface area (TPSA) is 25.2 Å². The Labute approximate surface area is 111 Å². The van der Waals surface area contributed by atoms with E-state index in [1.807, 2.05) is 0 Å². The number of furan rings is 1. The van der Waals surface area contributed by atoms with Gasteiger partial charge in [0.15, 0.2) is 0 Å². The van der Waals surface area contributed by atoms with Crippen LogP contribution in [0.5, 0.6) is 0 Å². The SMILES string of the molecule is CCCNC(CCC1CC1)c1c(C)oc(C)c1C. The first-order valence-corrected chi connectivity index (χ1v) is 7.43. The van der Waals surface area contributed by atoms with E-state index in [1.165, 1.54) is 43.2 Å². The van der Waals surface area contributed by atoms with Crippen LogP contribution >= 0.6 is 0 Å². The minimum Gasteiger partial charge on any atom is -0.466 e. The Balaban J connectivity index is 2.09. The predicted octanol–water partition coefficient (Wildman–Crippen LogP) is 4.44. The number of rotatable bonds is 7. The molecule has 1 aliphatic carbocycles. The molecule has 2 rings (SSSR count). The maximum atomic E-state index is 5.79. The summed E-state index contributed by atoms with van der Waals surface area (Å²) in [7, 11) is 0. The molecule has 1 N–H and O–H groups in total. The molecule has 0 spiro atoms. The molecular formula is C16H27NO. The van der Waals surface area contributed by atoms with Gasteiger partial charge >= 0.3 is 0 Å². The third-order valence-electron chi connectivity index (χ3n) is 4.17. The summed E-state index contributed by atoms with van der Waals surface area (Å²) < 4.78 is 5.79. The fraction of sp³-hybridized carbons (Fsp3) is 0.750. The molecule has 0 aliphatic heterocycles. The first kappa shape index (κ1) is 13.7. The summed E-state index contributed by atoms with van der Waals surface area (Å²) in [5, 5.41) is 3.70. The van der Waals surface area contributed by atoms with Gasteiger partial charge in [-0.25, -0.2) is 0 Å². The summed E-state index contributed by atoms with van der Waals surface area (Å²) in [6.45, 7) is 9.69. The van der Waals surface area contributed by atoms with E-state index in [9.17, 15) is 0 Å². The number of nitrogens with one attached hydrogen (secondary N) is 1. The van der Waals surface area contributed by atoms with Crippen LogP contribution in [-0.2, 0) is 0 Å². The Morgan fingerprint density at radius 2 is 1.94 bits per heavy atom. The van der Waals surface area contributed by atoms with Crippen LogP contribution in [0, 0.1) is 26.7 Å². The molecule has 1 saturated carbocycles. The van der Waals surface area contributed by atoms with Crippen molar-refractivity contribution in [1.82, 2.24) is 5.32 Å². The second kappa shape index (κ2) is 5.92. The Kier molecular flexibility index (Phi) is 4.50. The van der Waals surface area contributed by atoms with Crippen LogP contribution in [-0.4, -0.2) is 6.54 Å². The summed E-state index contributed by atoms with van der Waals surface area (Å²) in [4.78, 5) is 0. The third-order valence-corrected chi connectivity index (χ3v) is 4.17. The van der Waals surface area contributed by atoms with Crippen molar-refractivity contribution < 1.29 is 4.42 Å². The maximum Gasteiger partial charge on any atom is 0.106 e. The highest BCUT2D eigenvalue weighted by atomic mass is 16.3. The normalized spacial score (nSPS) is 17.1. The largest absolute Gasteiger partial charge is 0.466 e. The lowest BCUT2D eigenvalue weighted by molar-refractivity contribution is 0.451. The zero-order chi connectivity index (χ0) is 13.1. The molecule has 1 atom stereocenters. The van der Waals surface area contributed by atoms with Gasteiger partial charge < -0.3 is 9.73 Å². The van der Waals surface area contributed by atoms with Crippen LogP contribution in [0.1, 0.15) is 67.7 Å². The monoisotopic (exact) mass is 249 g/mol. The molecule has 102 valence electrons. The molecule has 18 heavy (non-hydrogen) atoms. The van der Waals surface area contributed by atoms with Crippen molar-refractivity contribution in [2.45, 2.75) is 65.8 Å². The Bertz CT molecular complexity index is 390. The number of hydrogen-bond acceptors (Lipinski definition) is 2. The van der Waals surface area contributed by atoms with Crippen molar-refractivity contribution >= 4 is 0 Å². The maximum absolute atomic E-state index is 5.79. The van der Waals surface area contributed by atoms with Gasteiger partial charge in [-0.05, 0) is 58.1 Å². The summed E-state index contributed by atoms with van der Waals surface area (Å²) in [6.07, 6.45) is 6.70. The highest BCUT2D eigenvalue weighted by molar-refractivity contribution is 5.34. The van der Waals surface area contributed by atoms with E-state index in [1.54, 1.807) is 0 Å². The van der Waals surface area contributed by atoms with Crippen LogP contribution in [0.25, 0.3) is 0 Å². The van der Waals surface area contributed by atoms with Crippen molar-refractivity contribution in [1.29, 1.82) is 0 Å². The van der Waals surface area contributed by atoms with Crippen molar-refractivity contribution in [2.75, 3.05) is 6.54 Å². The van der Waals surface area contributed by atoms with Gasteiger partial charge in [0.05, 0.1) is 0 Å². The van der Waals surface area contributed by atoms with Crippen molar-refractivity contribution in [2.24, 2.45) is 5.92 Å². The molecule has 0 amide bonds. The van der Waals surface area contributed by atoms with Gasteiger partial charge in [-0.1, -0.05) is 19.8 Å². The van der Waals surface area contributed by atoms with E-state index in [0.29, 0.717) is 6.04 Å². The fourth-order valence-corrected chi connectivity index (χ4v) is 2.80. The summed E-state index contributed by atoms with van der Waals surface area (Å²) in [6, 6.07) is 0.489. The van der Waals surface area contributed by atoms with Crippen LogP contribution in [0.3, 0.4) is 0 Å². The van der Waals surface area contributed by atoms with E-state index in [-0.39, 0.29) is 0 Å². The van der Waals surface area contributed by atoms with Crippen LogP contribution in [0.4, 0.5) is 0 Å². The van der Waals surface area contributed by atoms with Crippen LogP contribution in [0.2, 0.25) is 0 Å². The minimum absolute atomic E-state index is 0.489. The number of aryl methyl sites for hydroxylation is 2. The average molecular weight is 249 g/mol. The average Bonchev–Trinajstić information content (AvgIpc) is 3.11. The highest BCUT2D eigenvalue weighted by Gasteiger charge is 2.25. The molecule has 1 unspecified atom stereocenters. The molecular weight excluding hydrogens is 222 g/mol. The molecule has 2 heteroatoms. The van der Waals surface area contributed by atoms with Crippen molar-refractivity contribution in [3.63, 3.8) is 0 Å². The third kappa shape index (κ3) is 3.17. The molecule has 0 aromatic carbocycles. The predicted molar refractivity (Wildman–Crippen MR) is 75.9 cm³/mol. The van der Waals surface area contributed by atoms with Gasteiger partial charge in [0.25, 0.3) is 0 Å². The first-order chi connectivity index (χ1) is 8.63. The molecule has 0 saturated heterocycles. The van der Waals surface area contributed by atoms with Gasteiger partial charge in [-0.3, -0.25) is 0 Å². The molecule has 1 aliphatic rings. The highest BCUT2D eigenvalue weighted by Crippen LogP contribution is 2.37. The zero-order valence-electron chi connectivity index (χ0n) is 12.3. The lowest BCUT2D eigenvalue weighted by Gasteiger charge is -2.19. The first-order valence-electron chi connectivity index (χ1n) is 7.43. The quantitative estimate of drug-likeness (QED) is 0.773. The lowest BCUT2D eigenvalue weighted by atomic mass is 9.97. The van der Waals surface area contributed by atoms with E-state index in [2.05, 4.69) is 33.0 Å². The lowest BCUT2D eigenvalue weighted by Crippen LogP contribution is -2.23. The second-order valence-corrected chi connectivity index (χ2v) is 5.78. The molecule has 1 fully saturated rings. The second-order valence-electron chi connectivity index (χ2n) is 5.78. The molecule has 1 heterocycles. The molecule has 0 radical (unpaired) electrons. The molecule has 0 bridgehead atoms. The van der Waals surface area contributed by atoms with E-state index in [0.717, 1.165) is 24.0 Å². The van der Waals surface area contributed by atoms with Crippen molar-refractivity contribution in [3.8, 4) is 0 Å². The molecule has 2 nitrogen and oxygen atoms in total. The van der Waals surface area contributed by atoms with E-state index < -0.39 is 0 Å². The zero-order valence-corrected chi connectivity index (χ0v) is 12.3. The summed E-state index contributed by atoms with van der Waals surface area (Å²) in [5.74, 6) is 3.19. The Morgan fingerprint density at radius 1 is 1.22 bits per heavy atom. The summed E-state index contributed by atoms with van der Waals surface area (Å²) in [5.41, 5.74) is 2.76. The van der Waals surface area contributed by atoms with Crippen molar-refractivity contribution in [3.05, 3.63) is 22.6 Å². The van der Waals surface area contributed by atoms with Crippen LogP contribution < -0.4 is 5.32 Å². The minimum atomic E-state index is 0.489. The van der Waals surface area contributed by atoms with Crippen LogP contribution in [0.15, 0.2) is 4.42 Å². The van der Waals surface area contributed by atoms with Gasteiger partial charge in [0.1, 0.15) is 11.5 Å². The van der Waals surface area contributed by atoms with Gasteiger partial charge in [0, 0.05) is 11.6 Å². The smallest absolute Gasteiger partial charge is 0.106 e. The number of hydrogen-bond donors (Lipinski definition) is 1. The van der Waals surface area contributed by atoms with E-state index >= 15 is 0 Å².